The Balaban J connectivity index is 1.92. The maximum absolute atomic E-state index is 12.0. The highest BCUT2D eigenvalue weighted by atomic mass is 16.6. The number of amides is 2. The van der Waals surface area contributed by atoms with Crippen LogP contribution in [0.4, 0.5) is 5.82 Å². The number of nitrogen functional groups attached to an aromatic ring is 1. The number of carbonyl (C=O) groups is 2. The molecule has 2 heterocycles. The molecular weight excluding hydrogens is 254 g/mol. The van der Waals surface area contributed by atoms with Gasteiger partial charge in [-0.3, -0.25) is 9.59 Å². The molecule has 0 atom stereocenters. The summed E-state index contributed by atoms with van der Waals surface area (Å²) in [7, 11) is 1.47. The third-order valence-corrected chi connectivity index (χ3v) is 2.90. The van der Waals surface area contributed by atoms with Gasteiger partial charge in [0.1, 0.15) is 6.61 Å². The minimum absolute atomic E-state index is 0.0108. The molecule has 2 amide bonds. The quantitative estimate of drug-likeness (QED) is 0.716. The first-order chi connectivity index (χ1) is 9.13. The molecule has 0 aromatic carbocycles. The number of rotatable bonds is 3. The molecule has 0 spiro atoms. The first-order valence-corrected chi connectivity index (χ1v) is 5.77. The van der Waals surface area contributed by atoms with Crippen molar-refractivity contribution in [1.82, 2.24) is 20.1 Å². The van der Waals surface area contributed by atoms with Gasteiger partial charge in [-0.1, -0.05) is 0 Å². The van der Waals surface area contributed by atoms with E-state index in [4.69, 9.17) is 10.5 Å². The van der Waals surface area contributed by atoms with Crippen LogP contribution in [0.1, 0.15) is 10.5 Å². The molecular formula is C10H15N5O4. The van der Waals surface area contributed by atoms with E-state index in [0.717, 1.165) is 0 Å². The predicted octanol–water partition coefficient (Wildman–Crippen LogP) is -1.42. The van der Waals surface area contributed by atoms with Gasteiger partial charge in [0.05, 0.1) is 0 Å². The maximum Gasteiger partial charge on any atom is 0.280 e. The fourth-order valence-corrected chi connectivity index (χ4v) is 1.87. The largest absolute Gasteiger partial charge is 0.379 e. The van der Waals surface area contributed by atoms with Crippen LogP contribution in [0.5, 0.6) is 0 Å². The number of piperazine rings is 1. The smallest absolute Gasteiger partial charge is 0.280 e. The Bertz CT molecular complexity index is 466. The van der Waals surface area contributed by atoms with Crippen molar-refractivity contribution < 1.29 is 19.0 Å². The van der Waals surface area contributed by atoms with E-state index >= 15 is 0 Å². The summed E-state index contributed by atoms with van der Waals surface area (Å²) < 4.78 is 9.18. The lowest BCUT2D eigenvalue weighted by Crippen LogP contribution is -2.51. The minimum Gasteiger partial charge on any atom is -0.379 e. The lowest BCUT2D eigenvalue weighted by atomic mass is 10.2. The lowest BCUT2D eigenvalue weighted by molar-refractivity contribution is -0.136. The highest BCUT2D eigenvalue weighted by molar-refractivity contribution is 5.96. The molecule has 1 fully saturated rings. The van der Waals surface area contributed by atoms with Gasteiger partial charge in [0.25, 0.3) is 5.91 Å². The van der Waals surface area contributed by atoms with Gasteiger partial charge in [0.2, 0.25) is 17.4 Å². The van der Waals surface area contributed by atoms with E-state index in [1.54, 1.807) is 9.80 Å². The van der Waals surface area contributed by atoms with Gasteiger partial charge < -0.3 is 20.3 Å². The Hall–Kier alpha value is -2.16. The number of hydrogen-bond donors (Lipinski definition) is 1. The molecule has 1 aliphatic rings. The number of nitrogens with zero attached hydrogens (tertiary/aromatic N) is 4. The first-order valence-electron chi connectivity index (χ1n) is 5.77. The Morgan fingerprint density at radius 1 is 1.26 bits per heavy atom. The molecule has 1 aromatic heterocycles. The zero-order valence-corrected chi connectivity index (χ0v) is 10.5. The van der Waals surface area contributed by atoms with E-state index in [0.29, 0.717) is 26.2 Å². The summed E-state index contributed by atoms with van der Waals surface area (Å²) in [6.45, 7) is 1.80. The summed E-state index contributed by atoms with van der Waals surface area (Å²) in [6.07, 6.45) is 0. The van der Waals surface area contributed by atoms with E-state index in [1.807, 2.05) is 0 Å². The third-order valence-electron chi connectivity index (χ3n) is 2.90. The molecule has 1 saturated heterocycles. The zero-order valence-electron chi connectivity index (χ0n) is 10.5. The summed E-state index contributed by atoms with van der Waals surface area (Å²) >= 11 is 0. The van der Waals surface area contributed by atoms with Gasteiger partial charge in [-0.05, 0) is 10.3 Å². The first kappa shape index (κ1) is 13.3. The SMILES string of the molecule is COCC(=O)N1CCN(C(=O)c2nonc2N)CC1. The average molecular weight is 269 g/mol. The van der Waals surface area contributed by atoms with Crippen LogP contribution in [0.2, 0.25) is 0 Å². The van der Waals surface area contributed by atoms with Crippen molar-refractivity contribution in [2.24, 2.45) is 0 Å². The third kappa shape index (κ3) is 2.81. The monoisotopic (exact) mass is 269 g/mol. The standard InChI is InChI=1S/C10H15N5O4/c1-18-6-7(16)14-2-4-15(5-3-14)10(17)8-9(11)13-19-12-8/h2-6H2,1H3,(H2,11,13). The molecule has 1 aliphatic heterocycles. The second kappa shape index (κ2) is 5.65. The topological polar surface area (TPSA) is 115 Å². The predicted molar refractivity (Wildman–Crippen MR) is 63.1 cm³/mol. The normalized spacial score (nSPS) is 15.6. The van der Waals surface area contributed by atoms with Crippen LogP contribution in [0.25, 0.3) is 0 Å². The zero-order chi connectivity index (χ0) is 13.8. The molecule has 0 saturated carbocycles. The molecule has 9 nitrogen and oxygen atoms in total. The number of ether oxygens (including phenoxy) is 1. The van der Waals surface area contributed by atoms with E-state index in [-0.39, 0.29) is 29.9 Å². The fraction of sp³-hybridized carbons (Fsp3) is 0.600. The number of carbonyl (C=O) groups excluding carboxylic acids is 2. The van der Waals surface area contributed by atoms with Crippen LogP contribution in [0.15, 0.2) is 4.63 Å². The number of nitrogens with two attached hydrogens (primary N) is 1. The molecule has 2 N–H and O–H groups in total. The minimum atomic E-state index is -0.336. The van der Waals surface area contributed by atoms with Crippen LogP contribution < -0.4 is 5.73 Å². The van der Waals surface area contributed by atoms with Gasteiger partial charge in [-0.25, -0.2) is 4.63 Å². The number of methoxy groups -OCH3 is 1. The Morgan fingerprint density at radius 3 is 2.42 bits per heavy atom. The van der Waals surface area contributed by atoms with E-state index in [9.17, 15) is 9.59 Å². The second-order valence-corrected chi connectivity index (χ2v) is 4.10. The average Bonchev–Trinajstić information content (AvgIpc) is 2.84. The number of hydrogen-bond acceptors (Lipinski definition) is 7. The van der Waals surface area contributed by atoms with Gasteiger partial charge in [-0.15, -0.1) is 0 Å². The van der Waals surface area contributed by atoms with Gasteiger partial charge in [0, 0.05) is 33.3 Å². The lowest BCUT2D eigenvalue weighted by Gasteiger charge is -2.34. The van der Waals surface area contributed by atoms with Crippen LogP contribution in [-0.4, -0.2) is 71.8 Å². The molecule has 104 valence electrons. The van der Waals surface area contributed by atoms with Crippen molar-refractivity contribution in [2.75, 3.05) is 45.6 Å². The van der Waals surface area contributed by atoms with Crippen molar-refractivity contribution in [3.05, 3.63) is 5.69 Å². The summed E-state index contributed by atoms with van der Waals surface area (Å²) in [6, 6.07) is 0. The molecule has 9 heteroatoms. The Kier molecular flexibility index (Phi) is 3.95. The van der Waals surface area contributed by atoms with Crippen LogP contribution in [0.3, 0.4) is 0 Å². The second-order valence-electron chi connectivity index (χ2n) is 4.10. The van der Waals surface area contributed by atoms with Crippen molar-refractivity contribution in [3.63, 3.8) is 0 Å². The van der Waals surface area contributed by atoms with Crippen molar-refractivity contribution >= 4 is 17.6 Å². The van der Waals surface area contributed by atoms with Crippen molar-refractivity contribution in [3.8, 4) is 0 Å². The van der Waals surface area contributed by atoms with Crippen LogP contribution in [-0.2, 0) is 9.53 Å². The van der Waals surface area contributed by atoms with Crippen molar-refractivity contribution in [2.45, 2.75) is 0 Å². The van der Waals surface area contributed by atoms with Gasteiger partial charge in [0.15, 0.2) is 0 Å². The van der Waals surface area contributed by atoms with Crippen LogP contribution >= 0.6 is 0 Å². The van der Waals surface area contributed by atoms with Crippen molar-refractivity contribution in [1.29, 1.82) is 0 Å². The molecule has 0 radical (unpaired) electrons. The fourth-order valence-electron chi connectivity index (χ4n) is 1.87. The molecule has 0 aliphatic carbocycles. The molecule has 0 bridgehead atoms. The Labute approximate surface area is 109 Å². The highest BCUT2D eigenvalue weighted by Gasteiger charge is 2.27. The molecule has 2 rings (SSSR count). The highest BCUT2D eigenvalue weighted by Crippen LogP contribution is 2.11. The summed E-state index contributed by atoms with van der Waals surface area (Å²) in [4.78, 5) is 26.8. The van der Waals surface area contributed by atoms with Gasteiger partial charge in [-0.2, -0.15) is 0 Å². The number of aromatic nitrogens is 2. The molecule has 0 unspecified atom stereocenters. The van der Waals surface area contributed by atoms with Crippen LogP contribution in [0, 0.1) is 0 Å². The number of anilines is 1. The van der Waals surface area contributed by atoms with E-state index < -0.39 is 0 Å². The summed E-state index contributed by atoms with van der Waals surface area (Å²) in [5, 5.41) is 6.83. The van der Waals surface area contributed by atoms with Gasteiger partial charge >= 0.3 is 0 Å². The Morgan fingerprint density at radius 2 is 1.89 bits per heavy atom. The maximum atomic E-state index is 12.0. The summed E-state index contributed by atoms with van der Waals surface area (Å²) in [5.41, 5.74) is 5.48. The van der Waals surface area contributed by atoms with E-state index in [1.165, 1.54) is 7.11 Å². The molecule has 19 heavy (non-hydrogen) atoms. The summed E-state index contributed by atoms with van der Waals surface area (Å²) in [5.74, 6) is -0.447. The molecule has 1 aromatic rings. The van der Waals surface area contributed by atoms with E-state index in [2.05, 4.69) is 14.9 Å².